The summed E-state index contributed by atoms with van der Waals surface area (Å²) in [5.41, 5.74) is 9.76. The highest BCUT2D eigenvalue weighted by atomic mass is 28.3. The molecule has 0 bridgehead atoms. The second-order valence-electron chi connectivity index (χ2n) is 8.87. The van der Waals surface area contributed by atoms with E-state index < -0.39 is 8.07 Å². The third kappa shape index (κ3) is 2.76. The maximum atomic E-state index is 2.58. The zero-order valence-electron chi connectivity index (χ0n) is 17.3. The number of nitrogens with zero attached hydrogens (tertiary/aromatic N) is 2. The number of allylic oxidation sites excluding steroid dienone is 2. The second-order valence-corrected chi connectivity index (χ2v) is 13.7. The maximum absolute atomic E-state index is 2.58. The summed E-state index contributed by atoms with van der Waals surface area (Å²) in [5.74, 6) is 0. The first kappa shape index (κ1) is 18.1. The third-order valence-electron chi connectivity index (χ3n) is 6.33. The number of benzene rings is 2. The van der Waals surface area contributed by atoms with Crippen LogP contribution in [0.3, 0.4) is 0 Å². The Morgan fingerprint density at radius 3 is 1.37 bits per heavy atom. The number of hydrogen-bond donors (Lipinski definition) is 0. The lowest BCUT2D eigenvalue weighted by Crippen LogP contribution is -2.46. The minimum atomic E-state index is -1.81. The molecule has 2 aliphatic carbocycles. The fraction of sp³-hybridized carbons (Fsp3) is 0.333. The molecule has 4 rings (SSSR count). The zero-order valence-corrected chi connectivity index (χ0v) is 18.3. The fourth-order valence-electron chi connectivity index (χ4n) is 5.12. The molecule has 0 aliphatic heterocycles. The van der Waals surface area contributed by atoms with E-state index in [1.165, 1.54) is 33.6 Å². The monoisotopic (exact) mass is 374 g/mol. The molecule has 0 amide bonds. The highest BCUT2D eigenvalue weighted by molar-refractivity contribution is 6.81. The van der Waals surface area contributed by atoms with Gasteiger partial charge in [-0.1, -0.05) is 61.6 Å². The van der Waals surface area contributed by atoms with Gasteiger partial charge < -0.3 is 9.80 Å². The molecule has 3 heteroatoms. The van der Waals surface area contributed by atoms with Crippen molar-refractivity contribution in [1.29, 1.82) is 0 Å². The molecule has 0 aromatic heterocycles. The minimum absolute atomic E-state index is 0.503. The molecule has 0 spiro atoms. The van der Waals surface area contributed by atoms with Crippen LogP contribution >= 0.6 is 0 Å². The number of likely N-dealkylation sites (N-methyl/N-ethyl adjacent to an activating group) is 2. The molecule has 2 aliphatic rings. The Hall–Kier alpha value is -2.26. The van der Waals surface area contributed by atoms with Crippen molar-refractivity contribution in [3.05, 3.63) is 82.2 Å². The van der Waals surface area contributed by atoms with Gasteiger partial charge in [-0.25, -0.2) is 0 Å². The lowest BCUT2D eigenvalue weighted by Gasteiger charge is -2.42. The van der Waals surface area contributed by atoms with Crippen molar-refractivity contribution in [2.75, 3.05) is 28.2 Å². The van der Waals surface area contributed by atoms with E-state index in [1.54, 1.807) is 0 Å². The van der Waals surface area contributed by atoms with E-state index in [-0.39, 0.29) is 0 Å². The van der Waals surface area contributed by atoms with E-state index in [1.807, 2.05) is 0 Å². The van der Waals surface area contributed by atoms with Crippen LogP contribution in [0.25, 0.3) is 12.2 Å². The Kier molecular flexibility index (Phi) is 4.30. The van der Waals surface area contributed by atoms with Gasteiger partial charge >= 0.3 is 0 Å². The van der Waals surface area contributed by atoms with Gasteiger partial charge in [0.15, 0.2) is 0 Å². The molecule has 2 atom stereocenters. The average Bonchev–Trinajstić information content (AvgIpc) is 3.21. The summed E-state index contributed by atoms with van der Waals surface area (Å²) in [6, 6.07) is 18.0. The van der Waals surface area contributed by atoms with Crippen molar-refractivity contribution < 1.29 is 0 Å². The predicted octanol–water partition coefficient (Wildman–Crippen LogP) is 5.17. The van der Waals surface area contributed by atoms with Crippen LogP contribution in [-0.4, -0.2) is 46.1 Å². The summed E-state index contributed by atoms with van der Waals surface area (Å²) in [4.78, 5) is 4.67. The van der Waals surface area contributed by atoms with Crippen molar-refractivity contribution in [3.8, 4) is 0 Å². The number of rotatable bonds is 4. The molecule has 0 radical (unpaired) electrons. The summed E-state index contributed by atoms with van der Waals surface area (Å²) >= 11 is 0. The molecule has 140 valence electrons. The molecule has 0 heterocycles. The van der Waals surface area contributed by atoms with Crippen LogP contribution in [-0.2, 0) is 0 Å². The molecule has 0 saturated carbocycles. The quantitative estimate of drug-likeness (QED) is 0.681. The molecule has 2 aromatic carbocycles. The summed E-state index contributed by atoms with van der Waals surface area (Å²) in [6.07, 6.45) is 4.82. The van der Waals surface area contributed by atoms with Crippen molar-refractivity contribution in [1.82, 2.24) is 9.80 Å². The molecular formula is C24H30N2Si. The van der Waals surface area contributed by atoms with Gasteiger partial charge in [-0.05, 0) is 34.4 Å². The molecule has 2 unspecified atom stereocenters. The Morgan fingerprint density at radius 1 is 0.630 bits per heavy atom. The van der Waals surface area contributed by atoms with E-state index in [4.69, 9.17) is 0 Å². The van der Waals surface area contributed by atoms with Gasteiger partial charge in [-0.15, -0.1) is 0 Å². The highest BCUT2D eigenvalue weighted by Gasteiger charge is 2.49. The van der Waals surface area contributed by atoms with E-state index in [9.17, 15) is 0 Å². The first-order valence-corrected chi connectivity index (χ1v) is 12.9. The Labute approximate surface area is 164 Å². The van der Waals surface area contributed by atoms with Crippen molar-refractivity contribution >= 4 is 20.2 Å². The van der Waals surface area contributed by atoms with Crippen LogP contribution in [0, 0.1) is 0 Å². The Bertz CT molecular complexity index is 861. The van der Waals surface area contributed by atoms with E-state index in [0.29, 0.717) is 11.1 Å². The van der Waals surface area contributed by atoms with E-state index in [2.05, 4.69) is 112 Å². The second kappa shape index (κ2) is 6.41. The highest BCUT2D eigenvalue weighted by Crippen LogP contribution is 2.52. The Balaban J connectivity index is 1.88. The fourth-order valence-corrected chi connectivity index (χ4v) is 9.79. The van der Waals surface area contributed by atoms with Crippen molar-refractivity contribution in [3.63, 3.8) is 0 Å². The van der Waals surface area contributed by atoms with Crippen LogP contribution in [0.4, 0.5) is 0 Å². The smallest absolute Gasteiger partial charge is 0.0768 e. The van der Waals surface area contributed by atoms with Crippen LogP contribution in [0.5, 0.6) is 0 Å². The van der Waals surface area contributed by atoms with E-state index in [0.717, 1.165) is 0 Å². The summed E-state index contributed by atoms with van der Waals surface area (Å²) < 4.78 is 0. The topological polar surface area (TPSA) is 6.48 Å². The summed E-state index contributed by atoms with van der Waals surface area (Å²) in [6.45, 7) is 5.17. The average molecular weight is 375 g/mol. The van der Waals surface area contributed by atoms with Crippen LogP contribution in [0.15, 0.2) is 59.9 Å². The van der Waals surface area contributed by atoms with Crippen LogP contribution in [0.1, 0.15) is 33.3 Å². The molecule has 0 fully saturated rings. The SMILES string of the molecule is CN(C)C1=Cc2ccccc2C1[Si](C)(C)C1C(N(C)C)=Cc2ccccc21. The third-order valence-corrected chi connectivity index (χ3v) is 10.5. The van der Waals surface area contributed by atoms with Gasteiger partial charge in [0.25, 0.3) is 0 Å². The lowest BCUT2D eigenvalue weighted by atomic mass is 10.1. The van der Waals surface area contributed by atoms with Gasteiger partial charge in [0.1, 0.15) is 0 Å². The first-order chi connectivity index (χ1) is 12.8. The van der Waals surface area contributed by atoms with Gasteiger partial charge in [-0.3, -0.25) is 0 Å². The van der Waals surface area contributed by atoms with Crippen molar-refractivity contribution in [2.45, 2.75) is 24.2 Å². The zero-order chi connectivity index (χ0) is 19.3. The summed E-state index contributed by atoms with van der Waals surface area (Å²) in [5, 5.41) is 0. The van der Waals surface area contributed by atoms with Gasteiger partial charge in [0, 0.05) is 50.7 Å². The molecule has 0 N–H and O–H groups in total. The number of fused-ring (bicyclic) bond motifs is 2. The molecule has 2 nitrogen and oxygen atoms in total. The van der Waals surface area contributed by atoms with Gasteiger partial charge in [0.2, 0.25) is 0 Å². The first-order valence-electron chi connectivity index (χ1n) is 9.78. The Morgan fingerprint density at radius 2 is 1.00 bits per heavy atom. The molecule has 2 aromatic rings. The standard InChI is InChI=1S/C24H30N2Si/c1-25(2)21-15-17-11-7-9-13-19(17)23(21)27(5,6)24-20-14-10-8-12-18(20)16-22(24)26(3)4/h7-16,23-24H,1-6H3. The molecular weight excluding hydrogens is 344 g/mol. The predicted molar refractivity (Wildman–Crippen MR) is 119 cm³/mol. The largest absolute Gasteiger partial charge is 0.381 e. The van der Waals surface area contributed by atoms with Crippen LogP contribution in [0.2, 0.25) is 13.1 Å². The maximum Gasteiger partial charge on any atom is 0.0768 e. The van der Waals surface area contributed by atoms with Gasteiger partial charge in [-0.2, -0.15) is 0 Å². The summed E-state index contributed by atoms with van der Waals surface area (Å²) in [7, 11) is 6.97. The van der Waals surface area contributed by atoms with Crippen molar-refractivity contribution in [2.24, 2.45) is 0 Å². The van der Waals surface area contributed by atoms with Crippen LogP contribution < -0.4 is 0 Å². The normalized spacial score (nSPS) is 20.7. The number of hydrogen-bond acceptors (Lipinski definition) is 2. The molecule has 27 heavy (non-hydrogen) atoms. The lowest BCUT2D eigenvalue weighted by molar-refractivity contribution is 0.485. The van der Waals surface area contributed by atoms with E-state index >= 15 is 0 Å². The molecule has 0 saturated heterocycles. The minimum Gasteiger partial charge on any atom is -0.381 e. The van der Waals surface area contributed by atoms with Gasteiger partial charge in [0.05, 0.1) is 8.07 Å².